The van der Waals surface area contributed by atoms with E-state index in [4.69, 9.17) is 18.6 Å². The maximum Gasteiger partial charge on any atom is 0.289 e. The maximum absolute atomic E-state index is 12.5. The van der Waals surface area contributed by atoms with E-state index in [9.17, 15) is 4.79 Å². The minimum atomic E-state index is -0.0600. The number of benzene rings is 1. The molecule has 3 rings (SSSR count). The van der Waals surface area contributed by atoms with Crippen LogP contribution in [0.1, 0.15) is 29.0 Å². The molecule has 0 saturated carbocycles. The summed E-state index contributed by atoms with van der Waals surface area (Å²) in [5.41, 5.74) is 0.977. The van der Waals surface area contributed by atoms with Crippen molar-refractivity contribution in [3.05, 3.63) is 41.9 Å². The molecule has 2 heterocycles. The average Bonchev–Trinajstić information content (AvgIpc) is 3.25. The van der Waals surface area contributed by atoms with E-state index in [1.54, 1.807) is 33.5 Å². The number of piperidine rings is 1. The Morgan fingerprint density at radius 2 is 2.00 bits per heavy atom. The van der Waals surface area contributed by atoms with Crippen molar-refractivity contribution in [2.75, 3.05) is 34.4 Å². The van der Waals surface area contributed by atoms with Gasteiger partial charge in [0.05, 0.1) is 27.6 Å². The van der Waals surface area contributed by atoms with Crippen LogP contribution in [0.25, 0.3) is 0 Å². The molecule has 0 radical (unpaired) electrons. The smallest absolute Gasteiger partial charge is 0.289 e. The summed E-state index contributed by atoms with van der Waals surface area (Å²) in [4.78, 5) is 14.3. The molecule has 7 heteroatoms. The first-order valence-electron chi connectivity index (χ1n) is 9.02. The number of carbonyl (C=O) groups is 1. The molecule has 27 heavy (non-hydrogen) atoms. The predicted octanol–water partition coefficient (Wildman–Crippen LogP) is 2.70. The van der Waals surface area contributed by atoms with Crippen LogP contribution < -0.4 is 19.5 Å². The summed E-state index contributed by atoms with van der Waals surface area (Å²) < 4.78 is 21.5. The summed E-state index contributed by atoms with van der Waals surface area (Å²) in [5, 5.41) is 3.53. The molecule has 0 bridgehead atoms. The molecule has 1 amide bonds. The lowest BCUT2D eigenvalue weighted by Crippen LogP contribution is -2.47. The zero-order chi connectivity index (χ0) is 19.2. The molecule has 1 aliphatic rings. The molecule has 146 valence electrons. The van der Waals surface area contributed by atoms with Gasteiger partial charge in [0.15, 0.2) is 17.3 Å². The number of amides is 1. The van der Waals surface area contributed by atoms with Crippen LogP contribution in [-0.4, -0.2) is 51.3 Å². The quantitative estimate of drug-likeness (QED) is 0.803. The molecular formula is C20H26N2O5. The van der Waals surface area contributed by atoms with Crippen molar-refractivity contribution in [2.24, 2.45) is 0 Å². The fourth-order valence-corrected chi connectivity index (χ4v) is 3.44. The molecular weight excluding hydrogens is 348 g/mol. The highest BCUT2D eigenvalue weighted by atomic mass is 16.5. The lowest BCUT2D eigenvalue weighted by Gasteiger charge is -2.33. The standard InChI is InChI=1S/C20H26N2O5/c1-24-16-9-8-14(18(25-2)19(16)26-3)12-21-15-6-4-10-22(13-15)20(23)17-7-5-11-27-17/h5,7-9,11,15,21H,4,6,10,12-13H2,1-3H3. The van der Waals surface area contributed by atoms with Crippen molar-refractivity contribution in [2.45, 2.75) is 25.4 Å². The van der Waals surface area contributed by atoms with E-state index in [1.807, 2.05) is 17.0 Å². The lowest BCUT2D eigenvalue weighted by atomic mass is 10.0. The second kappa shape index (κ2) is 8.81. The molecule has 1 aliphatic heterocycles. The van der Waals surface area contributed by atoms with Crippen LogP contribution in [-0.2, 0) is 6.54 Å². The Hall–Kier alpha value is -2.67. The van der Waals surface area contributed by atoms with Gasteiger partial charge in [-0.05, 0) is 31.0 Å². The van der Waals surface area contributed by atoms with Crippen LogP contribution in [0, 0.1) is 0 Å². The Labute approximate surface area is 159 Å². The molecule has 7 nitrogen and oxygen atoms in total. The molecule has 1 atom stereocenters. The molecule has 1 saturated heterocycles. The molecule has 2 aromatic rings. The SMILES string of the molecule is COc1ccc(CNC2CCCN(C(=O)c3ccco3)C2)c(OC)c1OC. The highest BCUT2D eigenvalue weighted by Crippen LogP contribution is 2.39. The Morgan fingerprint density at radius 3 is 2.67 bits per heavy atom. The molecule has 0 spiro atoms. The Bertz CT molecular complexity index is 760. The predicted molar refractivity (Wildman–Crippen MR) is 101 cm³/mol. The number of methoxy groups -OCH3 is 3. The third-order valence-electron chi connectivity index (χ3n) is 4.81. The average molecular weight is 374 g/mol. The second-order valence-corrected chi connectivity index (χ2v) is 6.44. The van der Waals surface area contributed by atoms with Crippen LogP contribution in [0.4, 0.5) is 0 Å². The topological polar surface area (TPSA) is 73.2 Å². The van der Waals surface area contributed by atoms with Gasteiger partial charge in [-0.3, -0.25) is 4.79 Å². The van der Waals surface area contributed by atoms with E-state index in [0.29, 0.717) is 36.1 Å². The minimum Gasteiger partial charge on any atom is -0.493 e. The van der Waals surface area contributed by atoms with Gasteiger partial charge in [0, 0.05) is 31.2 Å². The number of nitrogens with zero attached hydrogens (tertiary/aromatic N) is 1. The van der Waals surface area contributed by atoms with Gasteiger partial charge in [-0.15, -0.1) is 0 Å². The minimum absolute atomic E-state index is 0.0600. The first-order valence-corrected chi connectivity index (χ1v) is 9.02. The Balaban J connectivity index is 1.65. The van der Waals surface area contributed by atoms with Crippen LogP contribution >= 0.6 is 0 Å². The molecule has 1 N–H and O–H groups in total. The van der Waals surface area contributed by atoms with Crippen LogP contribution in [0.3, 0.4) is 0 Å². The van der Waals surface area contributed by atoms with Gasteiger partial charge in [-0.1, -0.05) is 6.07 Å². The summed E-state index contributed by atoms with van der Waals surface area (Å²) in [6.45, 7) is 2.00. The second-order valence-electron chi connectivity index (χ2n) is 6.44. The van der Waals surface area contributed by atoms with E-state index in [0.717, 1.165) is 24.9 Å². The number of furan rings is 1. The van der Waals surface area contributed by atoms with Crippen LogP contribution in [0.15, 0.2) is 34.9 Å². The third-order valence-corrected chi connectivity index (χ3v) is 4.81. The monoisotopic (exact) mass is 374 g/mol. The number of rotatable bonds is 7. The number of likely N-dealkylation sites (tertiary alicyclic amines) is 1. The molecule has 1 unspecified atom stereocenters. The van der Waals surface area contributed by atoms with E-state index in [-0.39, 0.29) is 11.9 Å². The van der Waals surface area contributed by atoms with Gasteiger partial charge in [0.1, 0.15) is 0 Å². The van der Waals surface area contributed by atoms with Gasteiger partial charge >= 0.3 is 0 Å². The van der Waals surface area contributed by atoms with Crippen molar-refractivity contribution < 1.29 is 23.4 Å². The third kappa shape index (κ3) is 4.19. The summed E-state index contributed by atoms with van der Waals surface area (Å²) in [6.07, 6.45) is 3.49. The van der Waals surface area contributed by atoms with Crippen molar-refractivity contribution >= 4 is 5.91 Å². The summed E-state index contributed by atoms with van der Waals surface area (Å²) in [7, 11) is 4.81. The van der Waals surface area contributed by atoms with Gasteiger partial charge in [0.2, 0.25) is 5.75 Å². The van der Waals surface area contributed by atoms with Crippen LogP contribution in [0.5, 0.6) is 17.2 Å². The van der Waals surface area contributed by atoms with E-state index in [2.05, 4.69) is 5.32 Å². The zero-order valence-electron chi connectivity index (χ0n) is 16.0. The fourth-order valence-electron chi connectivity index (χ4n) is 3.44. The summed E-state index contributed by atoms with van der Waals surface area (Å²) in [6, 6.07) is 7.47. The highest BCUT2D eigenvalue weighted by Gasteiger charge is 2.26. The van der Waals surface area contributed by atoms with Crippen LogP contribution in [0.2, 0.25) is 0 Å². The first-order chi connectivity index (χ1) is 13.2. The molecule has 1 fully saturated rings. The van der Waals surface area contributed by atoms with Crippen molar-refractivity contribution in [3.8, 4) is 17.2 Å². The highest BCUT2D eigenvalue weighted by molar-refractivity contribution is 5.91. The fraction of sp³-hybridized carbons (Fsp3) is 0.450. The number of hydrogen-bond acceptors (Lipinski definition) is 6. The Morgan fingerprint density at radius 1 is 1.19 bits per heavy atom. The number of hydrogen-bond donors (Lipinski definition) is 1. The van der Waals surface area contributed by atoms with Crippen molar-refractivity contribution in [1.29, 1.82) is 0 Å². The van der Waals surface area contributed by atoms with Gasteiger partial charge < -0.3 is 28.8 Å². The molecule has 0 aliphatic carbocycles. The van der Waals surface area contributed by atoms with Crippen molar-refractivity contribution in [3.63, 3.8) is 0 Å². The summed E-state index contributed by atoms with van der Waals surface area (Å²) >= 11 is 0. The number of carbonyl (C=O) groups excluding carboxylic acids is 1. The number of nitrogens with one attached hydrogen (secondary N) is 1. The lowest BCUT2D eigenvalue weighted by molar-refractivity contribution is 0.0662. The summed E-state index contributed by atoms with van der Waals surface area (Å²) in [5.74, 6) is 2.19. The zero-order valence-corrected chi connectivity index (χ0v) is 16.0. The van der Waals surface area contributed by atoms with E-state index in [1.165, 1.54) is 6.26 Å². The van der Waals surface area contributed by atoms with Gasteiger partial charge in [-0.25, -0.2) is 0 Å². The maximum atomic E-state index is 12.5. The molecule has 1 aromatic heterocycles. The number of ether oxygens (including phenoxy) is 3. The van der Waals surface area contributed by atoms with Crippen molar-refractivity contribution in [1.82, 2.24) is 10.2 Å². The Kier molecular flexibility index (Phi) is 6.24. The molecule has 1 aromatic carbocycles. The normalized spacial score (nSPS) is 16.9. The van der Waals surface area contributed by atoms with Gasteiger partial charge in [-0.2, -0.15) is 0 Å². The first kappa shape index (κ1) is 19.1. The van der Waals surface area contributed by atoms with E-state index >= 15 is 0 Å². The van der Waals surface area contributed by atoms with Gasteiger partial charge in [0.25, 0.3) is 5.91 Å². The van der Waals surface area contributed by atoms with E-state index < -0.39 is 0 Å². The largest absolute Gasteiger partial charge is 0.493 e.